The van der Waals surface area contributed by atoms with Crippen molar-refractivity contribution in [1.82, 2.24) is 0 Å². The van der Waals surface area contributed by atoms with Crippen LogP contribution in [0.3, 0.4) is 0 Å². The van der Waals surface area contributed by atoms with Crippen molar-refractivity contribution in [2.45, 2.75) is 32.1 Å². The predicted molar refractivity (Wildman–Crippen MR) is 75.1 cm³/mol. The van der Waals surface area contributed by atoms with Crippen LogP contribution in [0.5, 0.6) is 0 Å². The Morgan fingerprint density at radius 3 is 2.65 bits per heavy atom. The molecule has 0 saturated carbocycles. The van der Waals surface area contributed by atoms with Gasteiger partial charge in [0.15, 0.2) is 0 Å². The standard InChI is InChI=1S/C17H20/c1-2-16(17-11-7-4-8-12-17)14-13-15-9-5-3-6-10-15/h3-9,11-13,16H,2,10,14H2,1H3. The fourth-order valence-corrected chi connectivity index (χ4v) is 2.24. The van der Waals surface area contributed by atoms with Crippen LogP contribution in [0.1, 0.15) is 37.7 Å². The van der Waals surface area contributed by atoms with Gasteiger partial charge < -0.3 is 0 Å². The maximum absolute atomic E-state index is 2.39. The van der Waals surface area contributed by atoms with E-state index in [2.05, 4.69) is 67.6 Å². The average Bonchev–Trinajstić information content (AvgIpc) is 2.42. The summed E-state index contributed by atoms with van der Waals surface area (Å²) in [7, 11) is 0. The summed E-state index contributed by atoms with van der Waals surface area (Å²) in [5, 5.41) is 0. The monoisotopic (exact) mass is 224 g/mol. The molecule has 0 nitrogen and oxygen atoms in total. The van der Waals surface area contributed by atoms with Crippen molar-refractivity contribution >= 4 is 0 Å². The molecule has 0 aliphatic heterocycles. The van der Waals surface area contributed by atoms with Gasteiger partial charge in [0, 0.05) is 0 Å². The summed E-state index contributed by atoms with van der Waals surface area (Å²) in [6, 6.07) is 10.8. The second-order valence-corrected chi connectivity index (χ2v) is 4.52. The van der Waals surface area contributed by atoms with E-state index in [0.29, 0.717) is 5.92 Å². The van der Waals surface area contributed by atoms with Crippen LogP contribution in [-0.4, -0.2) is 0 Å². The molecule has 0 heterocycles. The minimum Gasteiger partial charge on any atom is -0.0804 e. The Morgan fingerprint density at radius 1 is 1.18 bits per heavy atom. The zero-order chi connectivity index (χ0) is 11.9. The third kappa shape index (κ3) is 3.45. The lowest BCUT2D eigenvalue weighted by atomic mass is 9.92. The first-order valence-corrected chi connectivity index (χ1v) is 6.47. The molecule has 0 radical (unpaired) electrons. The van der Waals surface area contributed by atoms with Gasteiger partial charge in [0.2, 0.25) is 0 Å². The highest BCUT2D eigenvalue weighted by Crippen LogP contribution is 2.25. The van der Waals surface area contributed by atoms with E-state index in [-0.39, 0.29) is 0 Å². The lowest BCUT2D eigenvalue weighted by Gasteiger charge is -2.13. The molecule has 0 saturated heterocycles. The molecule has 1 aromatic rings. The third-order valence-corrected chi connectivity index (χ3v) is 3.34. The Hall–Kier alpha value is -1.56. The van der Waals surface area contributed by atoms with Crippen molar-refractivity contribution in [1.29, 1.82) is 0 Å². The highest BCUT2D eigenvalue weighted by atomic mass is 14.1. The Morgan fingerprint density at radius 2 is 2.00 bits per heavy atom. The first kappa shape index (κ1) is 11.9. The Bertz CT molecular complexity index is 421. The van der Waals surface area contributed by atoms with Crippen LogP contribution < -0.4 is 0 Å². The van der Waals surface area contributed by atoms with E-state index in [1.165, 1.54) is 17.6 Å². The molecule has 1 aliphatic carbocycles. The third-order valence-electron chi connectivity index (χ3n) is 3.34. The highest BCUT2D eigenvalue weighted by molar-refractivity contribution is 5.30. The van der Waals surface area contributed by atoms with E-state index in [1.807, 2.05) is 0 Å². The molecule has 1 unspecified atom stereocenters. The molecule has 2 rings (SSSR count). The van der Waals surface area contributed by atoms with Crippen molar-refractivity contribution in [3.63, 3.8) is 0 Å². The summed E-state index contributed by atoms with van der Waals surface area (Å²) in [5.74, 6) is 0.656. The number of allylic oxidation sites excluding steroid dienone is 6. The van der Waals surface area contributed by atoms with Gasteiger partial charge in [-0.3, -0.25) is 0 Å². The van der Waals surface area contributed by atoms with E-state index < -0.39 is 0 Å². The highest BCUT2D eigenvalue weighted by Gasteiger charge is 2.07. The van der Waals surface area contributed by atoms with E-state index in [0.717, 1.165) is 12.8 Å². The first-order chi connectivity index (χ1) is 8.40. The quantitative estimate of drug-likeness (QED) is 0.674. The van der Waals surface area contributed by atoms with Crippen molar-refractivity contribution in [3.05, 3.63) is 71.8 Å². The topological polar surface area (TPSA) is 0 Å². The van der Waals surface area contributed by atoms with Crippen LogP contribution in [0.4, 0.5) is 0 Å². The maximum Gasteiger partial charge on any atom is -0.00975 e. The first-order valence-electron chi connectivity index (χ1n) is 6.47. The molecule has 0 bridgehead atoms. The van der Waals surface area contributed by atoms with Gasteiger partial charge in [0.05, 0.1) is 0 Å². The van der Waals surface area contributed by atoms with Crippen molar-refractivity contribution in [2.75, 3.05) is 0 Å². The van der Waals surface area contributed by atoms with Gasteiger partial charge in [-0.15, -0.1) is 0 Å². The molecule has 1 atom stereocenters. The summed E-state index contributed by atoms with van der Waals surface area (Å²) in [4.78, 5) is 0. The molecule has 0 heteroatoms. The van der Waals surface area contributed by atoms with Crippen LogP contribution >= 0.6 is 0 Å². The van der Waals surface area contributed by atoms with Crippen LogP contribution in [0.25, 0.3) is 0 Å². The number of hydrogen-bond acceptors (Lipinski definition) is 0. The molecule has 0 amide bonds. The number of benzene rings is 1. The Kier molecular flexibility index (Phi) is 4.37. The minimum absolute atomic E-state index is 0.656. The van der Waals surface area contributed by atoms with Crippen LogP contribution in [-0.2, 0) is 0 Å². The molecular weight excluding hydrogens is 204 g/mol. The second kappa shape index (κ2) is 6.24. The van der Waals surface area contributed by atoms with Crippen LogP contribution in [0.15, 0.2) is 66.3 Å². The van der Waals surface area contributed by atoms with Gasteiger partial charge in [-0.2, -0.15) is 0 Å². The molecule has 0 fully saturated rings. The van der Waals surface area contributed by atoms with Crippen LogP contribution in [0, 0.1) is 0 Å². The van der Waals surface area contributed by atoms with E-state index in [9.17, 15) is 0 Å². The normalized spacial score (nSPS) is 18.5. The molecule has 0 spiro atoms. The lowest BCUT2D eigenvalue weighted by Crippen LogP contribution is -1.96. The summed E-state index contributed by atoms with van der Waals surface area (Å²) in [5.41, 5.74) is 2.91. The molecule has 1 aromatic carbocycles. The second-order valence-electron chi connectivity index (χ2n) is 4.52. The fourth-order valence-electron chi connectivity index (χ4n) is 2.24. The maximum atomic E-state index is 2.39. The fraction of sp³-hybridized carbons (Fsp3) is 0.294. The summed E-state index contributed by atoms with van der Waals surface area (Å²) in [6.07, 6.45) is 14.5. The van der Waals surface area contributed by atoms with Crippen molar-refractivity contribution in [3.8, 4) is 0 Å². The number of hydrogen-bond donors (Lipinski definition) is 0. The van der Waals surface area contributed by atoms with Gasteiger partial charge in [-0.25, -0.2) is 0 Å². The lowest BCUT2D eigenvalue weighted by molar-refractivity contribution is 0.672. The average molecular weight is 224 g/mol. The molecule has 88 valence electrons. The van der Waals surface area contributed by atoms with E-state index in [1.54, 1.807) is 0 Å². The van der Waals surface area contributed by atoms with E-state index >= 15 is 0 Å². The molecule has 0 N–H and O–H groups in total. The molecule has 0 aromatic heterocycles. The van der Waals surface area contributed by atoms with Gasteiger partial charge in [0.1, 0.15) is 0 Å². The smallest absolute Gasteiger partial charge is 0.00975 e. The van der Waals surface area contributed by atoms with Gasteiger partial charge in [0.25, 0.3) is 0 Å². The van der Waals surface area contributed by atoms with Gasteiger partial charge >= 0.3 is 0 Å². The SMILES string of the molecule is CCC(CC=C1C=CC=CC1)c1ccccc1. The van der Waals surface area contributed by atoms with Crippen molar-refractivity contribution in [2.24, 2.45) is 0 Å². The van der Waals surface area contributed by atoms with Crippen molar-refractivity contribution < 1.29 is 0 Å². The van der Waals surface area contributed by atoms with Gasteiger partial charge in [-0.1, -0.05) is 67.6 Å². The Balaban J connectivity index is 2.01. The predicted octanol–water partition coefficient (Wildman–Crippen LogP) is 5.01. The molecular formula is C17H20. The summed E-state index contributed by atoms with van der Waals surface area (Å²) < 4.78 is 0. The molecule has 17 heavy (non-hydrogen) atoms. The van der Waals surface area contributed by atoms with E-state index in [4.69, 9.17) is 0 Å². The van der Waals surface area contributed by atoms with Crippen LogP contribution in [0.2, 0.25) is 0 Å². The summed E-state index contributed by atoms with van der Waals surface area (Å²) in [6.45, 7) is 2.27. The van der Waals surface area contributed by atoms with Gasteiger partial charge in [-0.05, 0) is 36.3 Å². The Labute approximate surface area is 104 Å². The minimum atomic E-state index is 0.656. The molecule has 1 aliphatic rings. The summed E-state index contributed by atoms with van der Waals surface area (Å²) >= 11 is 0. The number of rotatable bonds is 4. The zero-order valence-electron chi connectivity index (χ0n) is 10.5. The largest absolute Gasteiger partial charge is 0.0804 e. The zero-order valence-corrected chi connectivity index (χ0v) is 10.5.